The van der Waals surface area contributed by atoms with Gasteiger partial charge in [-0.05, 0) is 49.9 Å². The van der Waals surface area contributed by atoms with Crippen molar-refractivity contribution in [3.8, 4) is 11.5 Å². The molecule has 1 aromatic rings. The van der Waals surface area contributed by atoms with E-state index >= 15 is 0 Å². The third kappa shape index (κ3) is 4.03. The maximum atomic E-state index is 13.0. The van der Waals surface area contributed by atoms with Crippen LogP contribution in [0.3, 0.4) is 0 Å². The van der Waals surface area contributed by atoms with Gasteiger partial charge in [-0.15, -0.1) is 12.4 Å². The molecule has 1 aromatic carbocycles. The Hall–Kier alpha value is -1.99. The van der Waals surface area contributed by atoms with Gasteiger partial charge in [0.1, 0.15) is 0 Å². The molecule has 0 aromatic heterocycles. The average molecular weight is 424 g/mol. The van der Waals surface area contributed by atoms with E-state index in [4.69, 9.17) is 9.47 Å². The van der Waals surface area contributed by atoms with Crippen molar-refractivity contribution < 1.29 is 19.1 Å². The molecule has 8 heteroatoms. The lowest BCUT2D eigenvalue weighted by atomic mass is 9.91. The third-order valence-corrected chi connectivity index (χ3v) is 6.60. The van der Waals surface area contributed by atoms with Crippen LogP contribution in [0, 0.1) is 11.3 Å². The van der Waals surface area contributed by atoms with E-state index in [1.807, 2.05) is 4.90 Å². The largest absolute Gasteiger partial charge is 0.493 e. The van der Waals surface area contributed by atoms with Crippen molar-refractivity contribution in [3.05, 3.63) is 23.8 Å². The number of hydrogen-bond donors (Lipinski definition) is 1. The summed E-state index contributed by atoms with van der Waals surface area (Å²) in [4.78, 5) is 29.7. The molecule has 2 amide bonds. The van der Waals surface area contributed by atoms with Crippen LogP contribution in [-0.2, 0) is 4.79 Å². The number of halogens is 1. The second-order valence-corrected chi connectivity index (χ2v) is 8.03. The Morgan fingerprint density at radius 2 is 1.69 bits per heavy atom. The number of nitrogens with zero attached hydrogens (tertiary/aromatic N) is 2. The Kier molecular flexibility index (Phi) is 6.58. The number of piperidine rings is 1. The Labute approximate surface area is 178 Å². The third-order valence-electron chi connectivity index (χ3n) is 6.60. The van der Waals surface area contributed by atoms with Gasteiger partial charge in [0.25, 0.3) is 5.91 Å². The summed E-state index contributed by atoms with van der Waals surface area (Å²) in [6.45, 7) is 4.34. The van der Waals surface area contributed by atoms with Crippen LogP contribution in [0.5, 0.6) is 11.5 Å². The summed E-state index contributed by atoms with van der Waals surface area (Å²) in [5.41, 5.74) is 0.751. The highest BCUT2D eigenvalue weighted by Crippen LogP contribution is 2.59. The van der Waals surface area contributed by atoms with Crippen LogP contribution in [0.15, 0.2) is 18.2 Å². The lowest BCUT2D eigenvalue weighted by molar-refractivity contribution is -0.135. The molecule has 29 heavy (non-hydrogen) atoms. The molecule has 1 aliphatic carbocycles. The fourth-order valence-electron chi connectivity index (χ4n) is 4.75. The molecule has 7 nitrogen and oxygen atoms in total. The number of ether oxygens (including phenoxy) is 2. The molecule has 1 saturated carbocycles. The Bertz CT molecular complexity index is 758. The van der Waals surface area contributed by atoms with Gasteiger partial charge < -0.3 is 24.6 Å². The molecule has 2 heterocycles. The Morgan fingerprint density at radius 3 is 2.31 bits per heavy atom. The van der Waals surface area contributed by atoms with Gasteiger partial charge in [-0.2, -0.15) is 0 Å². The molecule has 1 atom stereocenters. The molecule has 160 valence electrons. The second kappa shape index (κ2) is 8.79. The van der Waals surface area contributed by atoms with Crippen molar-refractivity contribution >= 4 is 24.2 Å². The quantitative estimate of drug-likeness (QED) is 0.799. The van der Waals surface area contributed by atoms with E-state index in [0.29, 0.717) is 43.2 Å². The van der Waals surface area contributed by atoms with E-state index in [-0.39, 0.29) is 35.6 Å². The van der Waals surface area contributed by atoms with E-state index in [1.54, 1.807) is 30.2 Å². The molecule has 4 rings (SSSR count). The second-order valence-electron chi connectivity index (χ2n) is 8.03. The number of hydrogen-bond acceptors (Lipinski definition) is 5. The van der Waals surface area contributed by atoms with Gasteiger partial charge in [-0.1, -0.05) is 6.07 Å². The van der Waals surface area contributed by atoms with Crippen molar-refractivity contribution in [2.45, 2.75) is 19.3 Å². The zero-order chi connectivity index (χ0) is 19.7. The number of amides is 2. The van der Waals surface area contributed by atoms with Gasteiger partial charge in [0.05, 0.1) is 19.8 Å². The van der Waals surface area contributed by atoms with E-state index in [2.05, 4.69) is 5.32 Å². The number of benzene rings is 1. The van der Waals surface area contributed by atoms with Crippen LogP contribution in [0.25, 0.3) is 0 Å². The van der Waals surface area contributed by atoms with Crippen molar-refractivity contribution in [3.63, 3.8) is 0 Å². The van der Waals surface area contributed by atoms with E-state index < -0.39 is 0 Å². The van der Waals surface area contributed by atoms with Crippen molar-refractivity contribution in [2.24, 2.45) is 11.3 Å². The van der Waals surface area contributed by atoms with Gasteiger partial charge in [0.15, 0.2) is 11.5 Å². The van der Waals surface area contributed by atoms with Crippen LogP contribution in [0.2, 0.25) is 0 Å². The van der Waals surface area contributed by atoms with Gasteiger partial charge in [0, 0.05) is 32.1 Å². The molecule has 1 unspecified atom stereocenters. The van der Waals surface area contributed by atoms with Crippen LogP contribution < -0.4 is 14.8 Å². The molecular weight excluding hydrogens is 394 g/mol. The monoisotopic (exact) mass is 423 g/mol. The highest BCUT2D eigenvalue weighted by atomic mass is 35.5. The maximum Gasteiger partial charge on any atom is 0.257 e. The Balaban J connectivity index is 0.00000240. The average Bonchev–Trinajstić information content (AvgIpc) is 3.45. The fourth-order valence-corrected chi connectivity index (χ4v) is 4.75. The molecule has 3 fully saturated rings. The smallest absolute Gasteiger partial charge is 0.257 e. The minimum atomic E-state index is -0.0795. The lowest BCUT2D eigenvalue weighted by Crippen LogP contribution is -2.51. The molecule has 0 radical (unpaired) electrons. The first kappa shape index (κ1) is 21.7. The molecule has 2 aliphatic heterocycles. The Morgan fingerprint density at radius 1 is 1.03 bits per heavy atom. The molecule has 0 bridgehead atoms. The number of methoxy groups -OCH3 is 2. The van der Waals surface area contributed by atoms with Crippen molar-refractivity contribution in [1.29, 1.82) is 0 Å². The van der Waals surface area contributed by atoms with Crippen LogP contribution in [0.4, 0.5) is 0 Å². The van der Waals surface area contributed by atoms with E-state index in [0.717, 1.165) is 32.4 Å². The molecule has 3 aliphatic rings. The van der Waals surface area contributed by atoms with Gasteiger partial charge >= 0.3 is 0 Å². The normalized spacial score (nSPS) is 22.6. The summed E-state index contributed by atoms with van der Waals surface area (Å²) in [7, 11) is 3.10. The van der Waals surface area contributed by atoms with Crippen LogP contribution >= 0.6 is 12.4 Å². The number of piperazine rings is 1. The standard InChI is InChI=1S/C21H29N3O4.ClH/c1-27-17-5-3-4-15(18(17)28-2)19(25)23-10-12-24(13-11-23)20(26)16-14-21(16)6-8-22-9-7-21;/h3-5,16,22H,6-14H2,1-2H3;1H. The molecule has 1 N–H and O–H groups in total. The molecular formula is C21H30ClN3O4. The summed E-state index contributed by atoms with van der Waals surface area (Å²) < 4.78 is 10.7. The summed E-state index contributed by atoms with van der Waals surface area (Å²) in [6.07, 6.45) is 3.25. The van der Waals surface area contributed by atoms with Crippen molar-refractivity contribution in [2.75, 3.05) is 53.5 Å². The van der Waals surface area contributed by atoms with Crippen LogP contribution in [-0.4, -0.2) is 75.1 Å². The number of carbonyl (C=O) groups is 2. The van der Waals surface area contributed by atoms with E-state index in [9.17, 15) is 9.59 Å². The predicted molar refractivity (Wildman–Crippen MR) is 112 cm³/mol. The van der Waals surface area contributed by atoms with Gasteiger partial charge in [-0.25, -0.2) is 0 Å². The number of nitrogens with one attached hydrogen (secondary N) is 1. The fraction of sp³-hybridized carbons (Fsp3) is 0.619. The summed E-state index contributed by atoms with van der Waals surface area (Å²) >= 11 is 0. The minimum Gasteiger partial charge on any atom is -0.493 e. The number of para-hydroxylation sites is 1. The molecule has 1 spiro atoms. The summed E-state index contributed by atoms with van der Waals surface area (Å²) in [5, 5.41) is 3.38. The van der Waals surface area contributed by atoms with Crippen LogP contribution in [0.1, 0.15) is 29.6 Å². The van der Waals surface area contributed by atoms with Gasteiger partial charge in [0.2, 0.25) is 5.91 Å². The zero-order valence-electron chi connectivity index (χ0n) is 17.1. The van der Waals surface area contributed by atoms with Gasteiger partial charge in [-0.3, -0.25) is 9.59 Å². The van der Waals surface area contributed by atoms with E-state index in [1.165, 1.54) is 7.11 Å². The first-order valence-electron chi connectivity index (χ1n) is 10.1. The minimum absolute atomic E-state index is 0. The highest BCUT2D eigenvalue weighted by molar-refractivity contribution is 5.98. The zero-order valence-corrected chi connectivity index (χ0v) is 17.9. The topological polar surface area (TPSA) is 71.1 Å². The lowest BCUT2D eigenvalue weighted by Gasteiger charge is -2.36. The maximum absolute atomic E-state index is 13.0. The summed E-state index contributed by atoms with van der Waals surface area (Å²) in [5.74, 6) is 1.40. The molecule has 2 saturated heterocycles. The highest BCUT2D eigenvalue weighted by Gasteiger charge is 2.58. The number of rotatable bonds is 4. The first-order valence-corrected chi connectivity index (χ1v) is 10.1. The summed E-state index contributed by atoms with van der Waals surface area (Å²) in [6, 6.07) is 5.32. The predicted octanol–water partition coefficient (Wildman–Crippen LogP) is 1.80. The number of carbonyl (C=O) groups excluding carboxylic acids is 2. The SMILES string of the molecule is COc1cccc(C(=O)N2CCN(C(=O)C3CC34CCNCC4)CC2)c1OC.Cl. The first-order chi connectivity index (χ1) is 13.6. The van der Waals surface area contributed by atoms with Crippen molar-refractivity contribution in [1.82, 2.24) is 15.1 Å².